The van der Waals surface area contributed by atoms with Gasteiger partial charge in [-0.15, -0.1) is 0 Å². The zero-order chi connectivity index (χ0) is 26.1. The Kier molecular flexibility index (Phi) is 6.09. The molecular weight excluding hydrogens is 571 g/mol. The molecule has 1 saturated carbocycles. The maximum Gasteiger partial charge on any atom is 0.255 e. The lowest BCUT2D eigenvalue weighted by Gasteiger charge is -2.50. The number of hydrogen-bond donors (Lipinski definition) is 5. The van der Waals surface area contributed by atoms with E-state index in [2.05, 4.69) is 0 Å². The summed E-state index contributed by atoms with van der Waals surface area (Å²) in [4.78, 5) is 52.0. The zero-order valence-corrected chi connectivity index (χ0v) is 21.4. The number of halogens is 1. The number of aliphatic hydroxyl groups excluding tert-OH is 2. The molecule has 4 atom stereocenters. The largest absolute Gasteiger partial charge is 0.508 e. The van der Waals surface area contributed by atoms with Gasteiger partial charge in [-0.3, -0.25) is 24.1 Å². The van der Waals surface area contributed by atoms with Crippen LogP contribution in [0.5, 0.6) is 5.75 Å². The molecule has 10 nitrogen and oxygen atoms in total. The number of carbonyl (C=O) groups is 4. The van der Waals surface area contributed by atoms with Gasteiger partial charge in [0.2, 0.25) is 5.78 Å². The van der Waals surface area contributed by atoms with Crippen LogP contribution in [0.25, 0.3) is 5.76 Å². The van der Waals surface area contributed by atoms with Gasteiger partial charge in [0.25, 0.3) is 5.91 Å². The van der Waals surface area contributed by atoms with Crippen LogP contribution in [0.4, 0.5) is 0 Å². The first-order valence-corrected chi connectivity index (χ1v) is 12.0. The molecule has 0 aromatic heterocycles. The van der Waals surface area contributed by atoms with Crippen molar-refractivity contribution in [1.29, 1.82) is 0 Å². The standard InChI is InChI=1S/C24H25IN2O8/c1-8(28)4-10-7-13(25)11-5-9-6-12-17(27(2)3)20(31)16(23(26)34)22(33)24(12,35)21(32)14(9)19(30)15(11)18(10)29/h7,9,12,17,29-30,33,35H,4-6H2,1-3H3,(H2,26,34). The molecule has 1 fully saturated rings. The number of Topliss-reactive ketones (excluding diaryl/α,β-unsaturated/α-hetero) is 3. The number of fused-ring (bicyclic) bond motifs is 3. The first-order chi connectivity index (χ1) is 16.2. The molecule has 11 heteroatoms. The van der Waals surface area contributed by atoms with E-state index in [-0.39, 0.29) is 47.5 Å². The van der Waals surface area contributed by atoms with Gasteiger partial charge >= 0.3 is 0 Å². The van der Waals surface area contributed by atoms with Gasteiger partial charge in [-0.1, -0.05) is 0 Å². The number of phenolic OH excluding ortho intramolecular Hbond substituents is 1. The topological polar surface area (TPSA) is 178 Å². The van der Waals surface area contributed by atoms with Gasteiger partial charge in [-0.05, 0) is 74.0 Å². The quantitative estimate of drug-likeness (QED) is 0.247. The fourth-order valence-electron chi connectivity index (χ4n) is 5.72. The van der Waals surface area contributed by atoms with Crippen molar-refractivity contribution in [3.05, 3.63) is 43.2 Å². The second-order valence-electron chi connectivity index (χ2n) is 9.56. The second kappa shape index (κ2) is 8.42. The van der Waals surface area contributed by atoms with E-state index in [0.29, 0.717) is 9.13 Å². The smallest absolute Gasteiger partial charge is 0.255 e. The molecule has 3 aliphatic rings. The molecule has 4 unspecified atom stereocenters. The summed E-state index contributed by atoms with van der Waals surface area (Å²) in [7, 11) is 3.09. The molecule has 4 rings (SSSR count). The van der Waals surface area contributed by atoms with Crippen LogP contribution in [0.15, 0.2) is 23.0 Å². The van der Waals surface area contributed by atoms with Gasteiger partial charge in [0.15, 0.2) is 11.4 Å². The molecule has 0 saturated heterocycles. The number of aromatic hydroxyl groups is 1. The van der Waals surface area contributed by atoms with Crippen LogP contribution in [0.2, 0.25) is 0 Å². The molecule has 0 spiro atoms. The predicted octanol–water partition coefficient (Wildman–Crippen LogP) is 0.700. The van der Waals surface area contributed by atoms with E-state index in [1.807, 2.05) is 22.6 Å². The van der Waals surface area contributed by atoms with E-state index in [1.165, 1.54) is 11.8 Å². The van der Waals surface area contributed by atoms with Crippen LogP contribution in [-0.2, 0) is 32.0 Å². The minimum absolute atomic E-state index is 0.00978. The van der Waals surface area contributed by atoms with Crippen molar-refractivity contribution in [3.63, 3.8) is 0 Å². The number of rotatable bonds is 4. The minimum atomic E-state index is -2.68. The Labute approximate surface area is 214 Å². The molecule has 0 aliphatic heterocycles. The molecule has 1 aromatic rings. The highest BCUT2D eigenvalue weighted by Crippen LogP contribution is 2.53. The van der Waals surface area contributed by atoms with Crippen molar-refractivity contribution >= 4 is 51.6 Å². The van der Waals surface area contributed by atoms with Crippen LogP contribution >= 0.6 is 22.6 Å². The Morgan fingerprint density at radius 3 is 2.40 bits per heavy atom. The van der Waals surface area contributed by atoms with E-state index in [4.69, 9.17) is 5.73 Å². The maximum atomic E-state index is 13.8. The van der Waals surface area contributed by atoms with E-state index in [9.17, 15) is 39.6 Å². The Morgan fingerprint density at radius 2 is 1.86 bits per heavy atom. The fraction of sp³-hybridized carbons (Fsp3) is 0.417. The zero-order valence-electron chi connectivity index (χ0n) is 19.3. The number of amides is 1. The maximum absolute atomic E-state index is 13.8. The van der Waals surface area contributed by atoms with Crippen LogP contribution in [-0.4, -0.2) is 74.3 Å². The van der Waals surface area contributed by atoms with Gasteiger partial charge in [0.05, 0.1) is 11.6 Å². The molecule has 0 bridgehead atoms. The molecule has 6 N–H and O–H groups in total. The highest BCUT2D eigenvalue weighted by Gasteiger charge is 2.64. The number of hydrogen-bond acceptors (Lipinski definition) is 9. The summed E-state index contributed by atoms with van der Waals surface area (Å²) in [5, 5.41) is 44.5. The number of aliphatic hydroxyl groups is 3. The summed E-state index contributed by atoms with van der Waals surface area (Å²) < 4.78 is 0.674. The number of phenols is 1. The number of nitrogens with two attached hydrogens (primary N) is 1. The van der Waals surface area contributed by atoms with Gasteiger partial charge in [0.1, 0.15) is 28.6 Å². The summed E-state index contributed by atoms with van der Waals surface area (Å²) >= 11 is 2.03. The third-order valence-electron chi connectivity index (χ3n) is 7.18. The average molecular weight is 596 g/mol. The molecule has 0 radical (unpaired) electrons. The monoisotopic (exact) mass is 596 g/mol. The lowest BCUT2D eigenvalue weighted by Crippen LogP contribution is -2.65. The molecule has 3 aliphatic carbocycles. The van der Waals surface area contributed by atoms with Crippen molar-refractivity contribution in [2.75, 3.05) is 14.1 Å². The highest BCUT2D eigenvalue weighted by molar-refractivity contribution is 14.1. The van der Waals surface area contributed by atoms with Crippen molar-refractivity contribution in [3.8, 4) is 5.75 Å². The summed E-state index contributed by atoms with van der Waals surface area (Å²) in [6, 6.07) is 0.522. The van der Waals surface area contributed by atoms with Crippen LogP contribution in [0.3, 0.4) is 0 Å². The van der Waals surface area contributed by atoms with Gasteiger partial charge in [-0.25, -0.2) is 0 Å². The first-order valence-electron chi connectivity index (χ1n) is 10.9. The normalized spacial score (nSPS) is 28.1. The van der Waals surface area contributed by atoms with Crippen LogP contribution in [0.1, 0.15) is 30.0 Å². The Balaban J connectivity index is 1.97. The number of carbonyl (C=O) groups excluding carboxylic acids is 4. The van der Waals surface area contributed by atoms with Gasteiger partial charge in [-0.2, -0.15) is 0 Å². The van der Waals surface area contributed by atoms with Crippen molar-refractivity contribution in [2.24, 2.45) is 17.6 Å². The third-order valence-corrected chi connectivity index (χ3v) is 8.15. The minimum Gasteiger partial charge on any atom is -0.508 e. The Hall–Kier alpha value is -2.77. The van der Waals surface area contributed by atoms with E-state index >= 15 is 0 Å². The highest BCUT2D eigenvalue weighted by atomic mass is 127. The summed E-state index contributed by atoms with van der Waals surface area (Å²) in [6.07, 6.45) is 0.151. The number of benzene rings is 1. The van der Waals surface area contributed by atoms with Crippen molar-refractivity contribution in [2.45, 2.75) is 37.8 Å². The van der Waals surface area contributed by atoms with Crippen LogP contribution < -0.4 is 5.73 Å². The summed E-state index contributed by atoms with van der Waals surface area (Å²) in [5.41, 5.74) is 2.40. The third kappa shape index (κ3) is 3.51. The van der Waals surface area contributed by atoms with E-state index in [0.717, 1.165) is 0 Å². The average Bonchev–Trinajstić information content (AvgIpc) is 2.73. The molecule has 186 valence electrons. The van der Waals surface area contributed by atoms with E-state index in [1.54, 1.807) is 20.2 Å². The predicted molar refractivity (Wildman–Crippen MR) is 131 cm³/mol. The molecule has 1 amide bonds. The number of nitrogens with zero attached hydrogens (tertiary/aromatic N) is 1. The lowest BCUT2D eigenvalue weighted by molar-refractivity contribution is -0.153. The summed E-state index contributed by atoms with van der Waals surface area (Å²) in [6.45, 7) is 1.36. The number of likely N-dealkylation sites (N-methyl/N-ethyl adjacent to an activating group) is 1. The summed E-state index contributed by atoms with van der Waals surface area (Å²) in [5.74, 6) is -7.15. The van der Waals surface area contributed by atoms with Crippen molar-refractivity contribution in [1.82, 2.24) is 4.90 Å². The SMILES string of the molecule is CC(=O)Cc1cc(I)c2c(c1O)C(O)=C1C(=O)C3(O)C(O)=C(C(N)=O)C(=O)C(N(C)C)C3CC1C2. The number of ketones is 3. The molecular formula is C24H25IN2O8. The lowest BCUT2D eigenvalue weighted by atomic mass is 9.57. The number of primary amides is 1. The van der Waals surface area contributed by atoms with E-state index < -0.39 is 58.0 Å². The van der Waals surface area contributed by atoms with Crippen LogP contribution in [0, 0.1) is 15.4 Å². The fourth-order valence-corrected chi connectivity index (χ4v) is 6.59. The van der Waals surface area contributed by atoms with Gasteiger partial charge < -0.3 is 26.2 Å². The second-order valence-corrected chi connectivity index (χ2v) is 10.7. The van der Waals surface area contributed by atoms with Crippen molar-refractivity contribution < 1.29 is 39.6 Å². The molecule has 0 heterocycles. The first kappa shape index (κ1) is 25.3. The Morgan fingerprint density at radius 1 is 1.23 bits per heavy atom. The Bertz CT molecular complexity index is 1280. The molecule has 1 aromatic carbocycles. The van der Waals surface area contributed by atoms with Gasteiger partial charge in [0, 0.05) is 27.0 Å². The molecule has 35 heavy (non-hydrogen) atoms.